The third-order valence-electron chi connectivity index (χ3n) is 6.50. The zero-order valence-corrected chi connectivity index (χ0v) is 21.5. The Morgan fingerprint density at radius 3 is 2.32 bits per heavy atom. The molecule has 0 heterocycles. The minimum absolute atomic E-state index is 0.0429. The number of benzene rings is 2. The number of carbonyl (C=O) groups is 2. The van der Waals surface area contributed by atoms with E-state index in [1.54, 1.807) is 17.9 Å². The predicted molar refractivity (Wildman–Crippen MR) is 137 cm³/mol. The molecule has 1 N–H and O–H groups in total. The highest BCUT2D eigenvalue weighted by Crippen LogP contribution is 2.25. The first kappa shape index (κ1) is 26.1. The van der Waals surface area contributed by atoms with Crippen LogP contribution in [0.3, 0.4) is 0 Å². The Kier molecular flexibility index (Phi) is 9.01. The highest BCUT2D eigenvalue weighted by Gasteiger charge is 2.29. The van der Waals surface area contributed by atoms with E-state index in [0.29, 0.717) is 10.8 Å². The lowest BCUT2D eigenvalue weighted by Gasteiger charge is -2.31. The molecule has 34 heavy (non-hydrogen) atoms. The topological polar surface area (TPSA) is 58.6 Å². The first-order valence-corrected chi connectivity index (χ1v) is 12.6. The van der Waals surface area contributed by atoms with Crippen molar-refractivity contribution < 1.29 is 14.3 Å². The summed E-state index contributed by atoms with van der Waals surface area (Å²) in [5, 5.41) is 3.71. The van der Waals surface area contributed by atoms with Gasteiger partial charge in [-0.1, -0.05) is 82.0 Å². The molecule has 1 saturated carbocycles. The molecule has 1 aliphatic rings. The maximum atomic E-state index is 13.3. The van der Waals surface area contributed by atoms with Gasteiger partial charge in [-0.05, 0) is 54.5 Å². The van der Waals surface area contributed by atoms with Crippen molar-refractivity contribution in [2.45, 2.75) is 83.8 Å². The lowest BCUT2D eigenvalue weighted by Crippen LogP contribution is -2.51. The molecule has 0 aliphatic heterocycles. The van der Waals surface area contributed by atoms with Crippen LogP contribution >= 0.6 is 11.6 Å². The summed E-state index contributed by atoms with van der Waals surface area (Å²) in [7, 11) is 0. The molecule has 0 saturated heterocycles. The maximum absolute atomic E-state index is 13.3. The Bertz CT molecular complexity index is 962. The first-order valence-electron chi connectivity index (χ1n) is 12.2. The number of carbonyl (C=O) groups excluding carboxylic acids is 2. The van der Waals surface area contributed by atoms with Crippen LogP contribution in [0.2, 0.25) is 5.02 Å². The van der Waals surface area contributed by atoms with Crippen molar-refractivity contribution in [3.05, 3.63) is 64.7 Å². The maximum Gasteiger partial charge on any atom is 0.261 e. The van der Waals surface area contributed by atoms with E-state index in [9.17, 15) is 9.59 Å². The molecule has 0 radical (unpaired) electrons. The molecule has 0 unspecified atom stereocenters. The van der Waals surface area contributed by atoms with Crippen LogP contribution in [0, 0.1) is 0 Å². The SMILES string of the molecule is C[C@H](C(=O)NC1CCCCC1)N(Cc1ccccc1Cl)C(=O)COc1ccc(C(C)(C)C)cc1. The second-order valence-corrected chi connectivity index (χ2v) is 10.6. The Morgan fingerprint density at radius 2 is 1.71 bits per heavy atom. The summed E-state index contributed by atoms with van der Waals surface area (Å²) in [5.74, 6) is 0.228. The average molecular weight is 485 g/mol. The number of nitrogens with one attached hydrogen (secondary N) is 1. The van der Waals surface area contributed by atoms with Crippen molar-refractivity contribution in [3.8, 4) is 5.75 Å². The fraction of sp³-hybridized carbons (Fsp3) is 0.500. The Morgan fingerprint density at radius 1 is 1.06 bits per heavy atom. The average Bonchev–Trinajstić information content (AvgIpc) is 2.82. The van der Waals surface area contributed by atoms with Crippen molar-refractivity contribution in [3.63, 3.8) is 0 Å². The second-order valence-electron chi connectivity index (χ2n) is 10.2. The molecule has 6 heteroatoms. The van der Waals surface area contributed by atoms with Gasteiger partial charge in [0.05, 0.1) is 0 Å². The van der Waals surface area contributed by atoms with Crippen LogP contribution in [0.15, 0.2) is 48.5 Å². The molecule has 0 aromatic heterocycles. The Balaban J connectivity index is 1.70. The molecule has 2 aromatic rings. The number of hydrogen-bond donors (Lipinski definition) is 1. The molecule has 1 fully saturated rings. The zero-order chi connectivity index (χ0) is 24.7. The fourth-order valence-corrected chi connectivity index (χ4v) is 4.44. The lowest BCUT2D eigenvalue weighted by atomic mass is 9.87. The third kappa shape index (κ3) is 7.23. The van der Waals surface area contributed by atoms with E-state index in [0.717, 1.165) is 31.2 Å². The first-order chi connectivity index (χ1) is 16.1. The summed E-state index contributed by atoms with van der Waals surface area (Å²) in [6, 6.07) is 14.7. The molecule has 0 bridgehead atoms. The summed E-state index contributed by atoms with van der Waals surface area (Å²) in [6.45, 7) is 8.31. The van der Waals surface area contributed by atoms with E-state index in [4.69, 9.17) is 16.3 Å². The number of halogens is 1. The zero-order valence-electron chi connectivity index (χ0n) is 20.8. The smallest absolute Gasteiger partial charge is 0.261 e. The van der Waals surface area contributed by atoms with E-state index in [-0.39, 0.29) is 36.4 Å². The van der Waals surface area contributed by atoms with Crippen LogP contribution in [0.5, 0.6) is 5.75 Å². The minimum Gasteiger partial charge on any atom is -0.484 e. The van der Waals surface area contributed by atoms with Gasteiger partial charge in [0, 0.05) is 17.6 Å². The van der Waals surface area contributed by atoms with Crippen LogP contribution in [-0.2, 0) is 21.5 Å². The van der Waals surface area contributed by atoms with E-state index < -0.39 is 6.04 Å². The normalized spacial score (nSPS) is 15.4. The van der Waals surface area contributed by atoms with Gasteiger partial charge in [0.25, 0.3) is 5.91 Å². The van der Waals surface area contributed by atoms with Gasteiger partial charge in [-0.25, -0.2) is 0 Å². The molecule has 5 nitrogen and oxygen atoms in total. The van der Waals surface area contributed by atoms with Crippen molar-refractivity contribution in [1.82, 2.24) is 10.2 Å². The summed E-state index contributed by atoms with van der Waals surface area (Å²) in [4.78, 5) is 27.9. The standard InChI is InChI=1S/C28H37ClN2O3/c1-20(27(33)30-23-11-6-5-7-12-23)31(18-21-10-8-9-13-25(21)29)26(32)19-34-24-16-14-22(15-17-24)28(2,3)4/h8-10,13-17,20,23H,5-7,11-12,18-19H2,1-4H3,(H,30,33)/t20-/m1/s1. The van der Waals surface area contributed by atoms with Crippen LogP contribution in [0.25, 0.3) is 0 Å². The second kappa shape index (κ2) is 11.7. The molecule has 2 aromatic carbocycles. The van der Waals surface area contributed by atoms with Gasteiger partial charge in [-0.2, -0.15) is 0 Å². The minimum atomic E-state index is -0.641. The van der Waals surface area contributed by atoms with Crippen LogP contribution in [0.1, 0.15) is 70.9 Å². The number of hydrogen-bond acceptors (Lipinski definition) is 3. The summed E-state index contributed by atoms with van der Waals surface area (Å²) < 4.78 is 5.81. The van der Waals surface area contributed by atoms with Crippen LogP contribution in [-0.4, -0.2) is 35.4 Å². The summed E-state index contributed by atoms with van der Waals surface area (Å²) in [6.07, 6.45) is 5.45. The number of amides is 2. The Labute approximate surface area is 208 Å². The molecule has 2 amide bonds. The van der Waals surface area contributed by atoms with E-state index in [2.05, 4.69) is 26.1 Å². The largest absolute Gasteiger partial charge is 0.484 e. The van der Waals surface area contributed by atoms with Gasteiger partial charge in [0.15, 0.2) is 6.61 Å². The molecule has 3 rings (SSSR count). The number of ether oxygens (including phenoxy) is 1. The molecule has 184 valence electrons. The van der Waals surface area contributed by atoms with Crippen LogP contribution in [0.4, 0.5) is 0 Å². The van der Waals surface area contributed by atoms with Crippen molar-refractivity contribution >= 4 is 23.4 Å². The summed E-state index contributed by atoms with van der Waals surface area (Å²) in [5.41, 5.74) is 2.03. The monoisotopic (exact) mass is 484 g/mol. The van der Waals surface area contributed by atoms with E-state index in [1.807, 2.05) is 42.5 Å². The van der Waals surface area contributed by atoms with Gasteiger partial charge in [-0.15, -0.1) is 0 Å². The molecular weight excluding hydrogens is 448 g/mol. The third-order valence-corrected chi connectivity index (χ3v) is 6.87. The van der Waals surface area contributed by atoms with Crippen LogP contribution < -0.4 is 10.1 Å². The van der Waals surface area contributed by atoms with Gasteiger partial charge in [0.2, 0.25) is 5.91 Å². The lowest BCUT2D eigenvalue weighted by molar-refractivity contribution is -0.142. The summed E-state index contributed by atoms with van der Waals surface area (Å²) >= 11 is 6.37. The van der Waals surface area contributed by atoms with E-state index in [1.165, 1.54) is 12.0 Å². The van der Waals surface area contributed by atoms with Gasteiger partial charge in [-0.3, -0.25) is 9.59 Å². The fourth-order valence-electron chi connectivity index (χ4n) is 4.24. The van der Waals surface area contributed by atoms with Crippen molar-refractivity contribution in [2.75, 3.05) is 6.61 Å². The van der Waals surface area contributed by atoms with E-state index >= 15 is 0 Å². The van der Waals surface area contributed by atoms with Gasteiger partial charge < -0.3 is 15.0 Å². The molecule has 0 spiro atoms. The number of rotatable bonds is 8. The van der Waals surface area contributed by atoms with Gasteiger partial charge >= 0.3 is 0 Å². The molecule has 1 aliphatic carbocycles. The molecular formula is C28H37ClN2O3. The highest BCUT2D eigenvalue weighted by atomic mass is 35.5. The molecule has 1 atom stereocenters. The highest BCUT2D eigenvalue weighted by molar-refractivity contribution is 6.31. The van der Waals surface area contributed by atoms with Crippen molar-refractivity contribution in [1.29, 1.82) is 0 Å². The van der Waals surface area contributed by atoms with Gasteiger partial charge in [0.1, 0.15) is 11.8 Å². The Hall–Kier alpha value is -2.53. The predicted octanol–water partition coefficient (Wildman–Crippen LogP) is 5.88. The quantitative estimate of drug-likeness (QED) is 0.508. The number of nitrogens with zero attached hydrogens (tertiary/aromatic N) is 1. The van der Waals surface area contributed by atoms with Crippen molar-refractivity contribution in [2.24, 2.45) is 0 Å².